The zero-order chi connectivity index (χ0) is 25.3. The topological polar surface area (TPSA) is 80.3 Å². The van der Waals surface area contributed by atoms with Gasteiger partial charge < -0.3 is 23.7 Å². The third-order valence-electron chi connectivity index (χ3n) is 5.70. The first-order valence-electron chi connectivity index (χ1n) is 11.5. The molecule has 0 N–H and O–H groups in total. The highest BCUT2D eigenvalue weighted by atomic mass is 35.5. The smallest absolute Gasteiger partial charge is 0.338 e. The molecule has 5 atom stereocenters. The summed E-state index contributed by atoms with van der Waals surface area (Å²) in [5.74, 6) is -1.22. The van der Waals surface area contributed by atoms with Gasteiger partial charge in [-0.15, -0.1) is 11.6 Å². The number of halogens is 1. The molecule has 1 aliphatic rings. The van der Waals surface area contributed by atoms with E-state index in [0.717, 1.165) is 5.56 Å². The zero-order valence-corrected chi connectivity index (χ0v) is 20.5. The number of esters is 2. The van der Waals surface area contributed by atoms with Crippen molar-refractivity contribution in [2.45, 2.75) is 36.6 Å². The molecule has 3 aromatic carbocycles. The summed E-state index contributed by atoms with van der Waals surface area (Å²) in [5, 5.41) is -0.881. The van der Waals surface area contributed by atoms with Crippen LogP contribution in [-0.2, 0) is 30.3 Å². The Morgan fingerprint density at radius 3 is 1.81 bits per heavy atom. The maximum absolute atomic E-state index is 12.9. The fourth-order valence-corrected chi connectivity index (χ4v) is 4.17. The second kappa shape index (κ2) is 12.6. The lowest BCUT2D eigenvalue weighted by atomic mass is 10.0. The van der Waals surface area contributed by atoms with E-state index >= 15 is 0 Å². The van der Waals surface area contributed by atoms with E-state index in [0.29, 0.717) is 17.7 Å². The van der Waals surface area contributed by atoms with Crippen LogP contribution in [0.2, 0.25) is 0 Å². The Kier molecular flexibility index (Phi) is 9.08. The predicted octanol–water partition coefficient (Wildman–Crippen LogP) is 4.63. The van der Waals surface area contributed by atoms with Gasteiger partial charge in [0.05, 0.1) is 24.3 Å². The van der Waals surface area contributed by atoms with Gasteiger partial charge in [0.25, 0.3) is 0 Å². The van der Waals surface area contributed by atoms with E-state index < -0.39 is 41.9 Å². The van der Waals surface area contributed by atoms with Gasteiger partial charge in [0, 0.05) is 7.11 Å². The number of hydrogen-bond acceptors (Lipinski definition) is 7. The first kappa shape index (κ1) is 25.9. The van der Waals surface area contributed by atoms with Crippen molar-refractivity contribution in [2.75, 3.05) is 13.7 Å². The molecule has 1 saturated heterocycles. The van der Waals surface area contributed by atoms with Crippen LogP contribution >= 0.6 is 11.6 Å². The summed E-state index contributed by atoms with van der Waals surface area (Å²) >= 11 is 6.78. The van der Waals surface area contributed by atoms with Crippen LogP contribution in [-0.4, -0.2) is 55.6 Å². The van der Waals surface area contributed by atoms with E-state index in [4.69, 9.17) is 35.3 Å². The molecule has 188 valence electrons. The van der Waals surface area contributed by atoms with Gasteiger partial charge in [-0.25, -0.2) is 9.59 Å². The van der Waals surface area contributed by atoms with Crippen LogP contribution in [0.25, 0.3) is 0 Å². The lowest BCUT2D eigenvalue weighted by Gasteiger charge is -2.42. The normalized spacial score (nSPS) is 23.6. The molecule has 3 aromatic rings. The minimum atomic E-state index is -1.11. The molecule has 1 heterocycles. The molecule has 8 heteroatoms. The average molecular weight is 511 g/mol. The summed E-state index contributed by atoms with van der Waals surface area (Å²) in [7, 11) is 1.42. The summed E-state index contributed by atoms with van der Waals surface area (Å²) in [6, 6.07) is 26.6. The van der Waals surface area contributed by atoms with Gasteiger partial charge in [-0.3, -0.25) is 0 Å². The molecule has 1 fully saturated rings. The van der Waals surface area contributed by atoms with Crippen LogP contribution < -0.4 is 0 Å². The lowest BCUT2D eigenvalue weighted by molar-refractivity contribution is -0.261. The van der Waals surface area contributed by atoms with E-state index in [-0.39, 0.29) is 6.61 Å². The molecule has 0 aromatic heterocycles. The van der Waals surface area contributed by atoms with Gasteiger partial charge in [0.15, 0.2) is 18.5 Å². The van der Waals surface area contributed by atoms with Crippen molar-refractivity contribution < 1.29 is 33.3 Å². The molecule has 0 amide bonds. The molecule has 0 spiro atoms. The highest BCUT2D eigenvalue weighted by Crippen LogP contribution is 2.31. The summed E-state index contributed by atoms with van der Waals surface area (Å²) in [6.45, 7) is 0.463. The van der Waals surface area contributed by atoms with Gasteiger partial charge in [-0.1, -0.05) is 66.7 Å². The van der Waals surface area contributed by atoms with Gasteiger partial charge >= 0.3 is 11.9 Å². The molecule has 0 radical (unpaired) electrons. The molecular formula is C28H27ClO7. The second-order valence-electron chi connectivity index (χ2n) is 8.20. The van der Waals surface area contributed by atoms with Crippen LogP contribution in [0.5, 0.6) is 0 Å². The van der Waals surface area contributed by atoms with E-state index in [2.05, 4.69) is 0 Å². The minimum Gasteiger partial charge on any atom is -0.453 e. The number of ether oxygens (including phenoxy) is 5. The van der Waals surface area contributed by atoms with Crippen LogP contribution in [0.1, 0.15) is 26.3 Å². The first-order chi connectivity index (χ1) is 17.6. The largest absolute Gasteiger partial charge is 0.453 e. The molecule has 0 unspecified atom stereocenters. The van der Waals surface area contributed by atoms with Gasteiger partial charge in [0.1, 0.15) is 11.5 Å². The van der Waals surface area contributed by atoms with E-state index in [1.165, 1.54) is 7.11 Å². The molecule has 7 nitrogen and oxygen atoms in total. The van der Waals surface area contributed by atoms with Crippen molar-refractivity contribution in [3.8, 4) is 0 Å². The number of alkyl halides is 1. The number of carbonyl (C=O) groups excluding carboxylic acids is 2. The monoisotopic (exact) mass is 510 g/mol. The zero-order valence-electron chi connectivity index (χ0n) is 19.7. The van der Waals surface area contributed by atoms with E-state index in [1.54, 1.807) is 60.7 Å². The Balaban J connectivity index is 1.53. The number of rotatable bonds is 9. The Bertz CT molecular complexity index is 1110. The van der Waals surface area contributed by atoms with Crippen molar-refractivity contribution in [2.24, 2.45) is 0 Å². The third-order valence-corrected chi connectivity index (χ3v) is 6.23. The first-order valence-corrected chi connectivity index (χ1v) is 12.0. The number of methoxy groups -OCH3 is 1. The fraction of sp³-hybridized carbons (Fsp3) is 0.286. The molecular weight excluding hydrogens is 484 g/mol. The van der Waals surface area contributed by atoms with Crippen LogP contribution in [0.15, 0.2) is 91.0 Å². The number of benzene rings is 3. The number of carbonyl (C=O) groups is 2. The predicted molar refractivity (Wildman–Crippen MR) is 133 cm³/mol. The van der Waals surface area contributed by atoms with Crippen LogP contribution in [0, 0.1) is 0 Å². The van der Waals surface area contributed by atoms with E-state index in [1.807, 2.05) is 30.3 Å². The Labute approximate surface area is 214 Å². The van der Waals surface area contributed by atoms with Crippen molar-refractivity contribution in [3.63, 3.8) is 0 Å². The standard InChI is InChI=1S/C28H27ClO7/c1-32-28-25(36-27(31)21-15-9-4-10-16-21)24(35-26(30)20-13-7-3-8-14-20)23(29)22(34-28)18-33-17-19-11-5-2-6-12-19/h2-16,22-25,28H,17-18H2,1H3/t22-,23+,24+,25-,28+/m1/s1. The summed E-state index contributed by atoms with van der Waals surface area (Å²) in [6.07, 6.45) is -3.90. The summed E-state index contributed by atoms with van der Waals surface area (Å²) in [4.78, 5) is 25.8. The number of hydrogen-bond donors (Lipinski definition) is 0. The molecule has 36 heavy (non-hydrogen) atoms. The Morgan fingerprint density at radius 2 is 1.28 bits per heavy atom. The highest BCUT2D eigenvalue weighted by Gasteiger charge is 2.50. The maximum atomic E-state index is 12.9. The van der Waals surface area contributed by atoms with Crippen LogP contribution in [0.4, 0.5) is 0 Å². The highest BCUT2D eigenvalue weighted by molar-refractivity contribution is 6.21. The Morgan fingerprint density at radius 1 is 0.778 bits per heavy atom. The molecule has 0 bridgehead atoms. The van der Waals surface area contributed by atoms with E-state index in [9.17, 15) is 9.59 Å². The SMILES string of the molecule is CO[C@H]1O[C@H](COCc2ccccc2)[C@H](Cl)[C@H](OC(=O)c2ccccc2)[C@H]1OC(=O)c1ccccc1. The summed E-state index contributed by atoms with van der Waals surface area (Å²) in [5.41, 5.74) is 1.66. The van der Waals surface area contributed by atoms with Crippen molar-refractivity contribution in [3.05, 3.63) is 108 Å². The van der Waals surface area contributed by atoms with Crippen molar-refractivity contribution in [1.29, 1.82) is 0 Å². The van der Waals surface area contributed by atoms with Crippen LogP contribution in [0.3, 0.4) is 0 Å². The minimum absolute atomic E-state index is 0.113. The maximum Gasteiger partial charge on any atom is 0.338 e. The Hall–Kier alpha value is -3.23. The summed E-state index contributed by atoms with van der Waals surface area (Å²) < 4.78 is 28.9. The van der Waals surface area contributed by atoms with Gasteiger partial charge in [0.2, 0.25) is 0 Å². The fourth-order valence-electron chi connectivity index (χ4n) is 3.85. The van der Waals surface area contributed by atoms with Crippen molar-refractivity contribution >= 4 is 23.5 Å². The average Bonchev–Trinajstić information content (AvgIpc) is 2.93. The second-order valence-corrected chi connectivity index (χ2v) is 8.70. The quantitative estimate of drug-likeness (QED) is 0.306. The molecule has 0 aliphatic carbocycles. The molecule has 0 saturated carbocycles. The lowest BCUT2D eigenvalue weighted by Crippen LogP contribution is -2.60. The van der Waals surface area contributed by atoms with Gasteiger partial charge in [-0.2, -0.15) is 0 Å². The van der Waals surface area contributed by atoms with Crippen molar-refractivity contribution in [1.82, 2.24) is 0 Å². The molecule has 1 aliphatic heterocycles. The molecule has 4 rings (SSSR count). The third kappa shape index (κ3) is 6.50. The van der Waals surface area contributed by atoms with Gasteiger partial charge in [-0.05, 0) is 29.8 Å².